The first-order valence-electron chi connectivity index (χ1n) is 11.7. The van der Waals surface area contributed by atoms with Gasteiger partial charge in [-0.2, -0.15) is 0 Å². The molecule has 0 aromatic rings. The number of rotatable bonds is 2. The summed E-state index contributed by atoms with van der Waals surface area (Å²) in [7, 11) is 0. The van der Waals surface area contributed by atoms with Gasteiger partial charge in [-0.15, -0.1) is 0 Å². The number of Topliss-reactive ketones (excluding diaryl/α,β-unsaturated/α-hetero) is 1. The molecule has 0 bridgehead atoms. The number of fused-ring (bicyclic) bond motifs is 6. The molecule has 1 heterocycles. The van der Waals surface area contributed by atoms with Gasteiger partial charge in [0.2, 0.25) is 0 Å². The molecule has 1 spiro atoms. The van der Waals surface area contributed by atoms with Crippen molar-refractivity contribution in [3.63, 3.8) is 0 Å². The van der Waals surface area contributed by atoms with E-state index in [4.69, 9.17) is 14.2 Å². The molecule has 170 valence electrons. The zero-order valence-electron chi connectivity index (χ0n) is 19.0. The summed E-state index contributed by atoms with van der Waals surface area (Å²) in [4.78, 5) is 25.3. The second kappa shape index (κ2) is 6.83. The molecule has 4 fully saturated rings. The van der Waals surface area contributed by atoms with Crippen molar-refractivity contribution in [3.8, 4) is 0 Å². The van der Waals surface area contributed by atoms with E-state index in [1.807, 2.05) is 13.0 Å². The van der Waals surface area contributed by atoms with Gasteiger partial charge in [0.15, 0.2) is 11.6 Å². The van der Waals surface area contributed by atoms with Gasteiger partial charge < -0.3 is 19.3 Å². The topological polar surface area (TPSA) is 82.1 Å². The van der Waals surface area contributed by atoms with E-state index in [9.17, 15) is 14.7 Å². The van der Waals surface area contributed by atoms with Crippen LogP contribution in [0.1, 0.15) is 59.8 Å². The maximum atomic E-state index is 13.3. The molecule has 6 nitrogen and oxygen atoms in total. The normalized spacial score (nSPS) is 51.3. The standard InChI is InChI=1S/C25H34O6/c1-5-29-24(4)30-14-20(28)25(31-24)11-9-18-17-7-6-15-12-16(26)8-10-22(15,2)21(17)19(27)13-23(18,25)3/h8,10,12,17-19,21,27H,5-7,9,11,13-14H2,1-4H3/t17-,18-,19+,21+,22-,23-,24+,25-/m0/s1. The first kappa shape index (κ1) is 21.5. The Morgan fingerprint density at radius 2 is 2.00 bits per heavy atom. The molecule has 0 amide bonds. The van der Waals surface area contributed by atoms with Crippen molar-refractivity contribution in [3.05, 3.63) is 23.8 Å². The number of aliphatic hydroxyl groups excluding tert-OH is 1. The van der Waals surface area contributed by atoms with Gasteiger partial charge in [0.25, 0.3) is 5.97 Å². The Morgan fingerprint density at radius 3 is 2.74 bits per heavy atom. The highest BCUT2D eigenvalue weighted by Crippen LogP contribution is 2.68. The highest BCUT2D eigenvalue weighted by molar-refractivity contribution is 6.01. The van der Waals surface area contributed by atoms with Crippen LogP contribution in [0.25, 0.3) is 0 Å². The Kier molecular flexibility index (Phi) is 4.74. The lowest BCUT2D eigenvalue weighted by Crippen LogP contribution is -2.67. The molecule has 0 aromatic carbocycles. The van der Waals surface area contributed by atoms with Crippen molar-refractivity contribution in [2.45, 2.75) is 77.5 Å². The molecule has 0 radical (unpaired) electrons. The van der Waals surface area contributed by atoms with Crippen molar-refractivity contribution in [2.75, 3.05) is 13.2 Å². The van der Waals surface area contributed by atoms with Gasteiger partial charge in [0.1, 0.15) is 12.2 Å². The van der Waals surface area contributed by atoms with Crippen molar-refractivity contribution in [1.29, 1.82) is 0 Å². The molecule has 6 heteroatoms. The molecular formula is C25H34O6. The summed E-state index contributed by atoms with van der Waals surface area (Å²) in [6, 6.07) is 0. The van der Waals surface area contributed by atoms with Gasteiger partial charge in [-0.3, -0.25) is 9.59 Å². The summed E-state index contributed by atoms with van der Waals surface area (Å²) in [6.45, 7) is 8.31. The fraction of sp³-hybridized carbons (Fsp3) is 0.760. The van der Waals surface area contributed by atoms with Gasteiger partial charge in [-0.05, 0) is 63.0 Å². The zero-order chi connectivity index (χ0) is 22.2. The van der Waals surface area contributed by atoms with E-state index in [0.717, 1.165) is 24.8 Å². The van der Waals surface area contributed by atoms with Crippen LogP contribution in [0.5, 0.6) is 0 Å². The first-order chi connectivity index (χ1) is 14.6. The Morgan fingerprint density at radius 1 is 1.23 bits per heavy atom. The molecule has 1 saturated heterocycles. The highest BCUT2D eigenvalue weighted by Gasteiger charge is 2.71. The van der Waals surface area contributed by atoms with Crippen LogP contribution in [-0.2, 0) is 23.8 Å². The van der Waals surface area contributed by atoms with Crippen LogP contribution >= 0.6 is 0 Å². The van der Waals surface area contributed by atoms with E-state index in [1.54, 1.807) is 19.1 Å². The Balaban J connectivity index is 1.53. The number of hydrogen-bond acceptors (Lipinski definition) is 6. The lowest BCUT2D eigenvalue weighted by atomic mass is 9.46. The van der Waals surface area contributed by atoms with Gasteiger partial charge in [-0.25, -0.2) is 0 Å². The smallest absolute Gasteiger partial charge is 0.281 e. The van der Waals surface area contributed by atoms with E-state index in [0.29, 0.717) is 19.4 Å². The largest absolute Gasteiger partial charge is 0.393 e. The van der Waals surface area contributed by atoms with Crippen LogP contribution in [0, 0.1) is 28.6 Å². The maximum absolute atomic E-state index is 13.3. The van der Waals surface area contributed by atoms with E-state index in [-0.39, 0.29) is 41.3 Å². The average Bonchev–Trinajstić information content (AvgIpc) is 2.98. The van der Waals surface area contributed by atoms with Crippen LogP contribution in [0.4, 0.5) is 0 Å². The van der Waals surface area contributed by atoms with Gasteiger partial charge in [-0.1, -0.05) is 25.5 Å². The summed E-state index contributed by atoms with van der Waals surface area (Å²) < 4.78 is 17.9. The maximum Gasteiger partial charge on any atom is 0.281 e. The first-order valence-corrected chi connectivity index (χ1v) is 11.7. The second-order valence-electron chi connectivity index (χ2n) is 10.7. The lowest BCUT2D eigenvalue weighted by Gasteiger charge is -2.61. The molecule has 0 unspecified atom stereocenters. The summed E-state index contributed by atoms with van der Waals surface area (Å²) >= 11 is 0. The van der Waals surface area contributed by atoms with Crippen LogP contribution in [0.3, 0.4) is 0 Å². The third-order valence-corrected chi connectivity index (χ3v) is 9.30. The Hall–Kier alpha value is -1.34. The molecule has 5 aliphatic rings. The van der Waals surface area contributed by atoms with Crippen molar-refractivity contribution < 1.29 is 28.9 Å². The molecule has 1 N–H and O–H groups in total. The predicted molar refractivity (Wildman–Crippen MR) is 113 cm³/mol. The molecule has 5 rings (SSSR count). The van der Waals surface area contributed by atoms with Crippen molar-refractivity contribution in [2.24, 2.45) is 28.6 Å². The van der Waals surface area contributed by atoms with E-state index >= 15 is 0 Å². The van der Waals surface area contributed by atoms with Crippen LogP contribution in [0.15, 0.2) is 23.8 Å². The summed E-state index contributed by atoms with van der Waals surface area (Å²) in [5.41, 5.74) is -0.660. The third-order valence-electron chi connectivity index (χ3n) is 9.30. The van der Waals surface area contributed by atoms with Crippen LogP contribution < -0.4 is 0 Å². The fourth-order valence-corrected chi connectivity index (χ4v) is 7.99. The van der Waals surface area contributed by atoms with Gasteiger partial charge in [0.05, 0.1) is 6.10 Å². The number of aliphatic hydroxyl groups is 1. The average molecular weight is 431 g/mol. The van der Waals surface area contributed by atoms with E-state index in [1.165, 1.54) is 0 Å². The van der Waals surface area contributed by atoms with Gasteiger partial charge >= 0.3 is 0 Å². The number of hydrogen-bond donors (Lipinski definition) is 1. The van der Waals surface area contributed by atoms with Crippen molar-refractivity contribution in [1.82, 2.24) is 0 Å². The molecule has 8 atom stereocenters. The van der Waals surface area contributed by atoms with E-state index < -0.39 is 23.1 Å². The quantitative estimate of drug-likeness (QED) is 0.724. The summed E-state index contributed by atoms with van der Waals surface area (Å²) in [5.74, 6) is -0.672. The monoisotopic (exact) mass is 430 g/mol. The number of ether oxygens (including phenoxy) is 3. The highest BCUT2D eigenvalue weighted by atomic mass is 16.9. The molecule has 1 aliphatic heterocycles. The Bertz CT molecular complexity index is 877. The van der Waals surface area contributed by atoms with E-state index in [2.05, 4.69) is 13.8 Å². The second-order valence-corrected chi connectivity index (χ2v) is 10.7. The number of carbonyl (C=O) groups excluding carboxylic acids is 2. The summed E-state index contributed by atoms with van der Waals surface area (Å²) in [6.07, 6.45) is 8.65. The van der Waals surface area contributed by atoms with Crippen LogP contribution in [-0.4, -0.2) is 47.6 Å². The third kappa shape index (κ3) is 2.78. The number of carbonyl (C=O) groups is 2. The minimum atomic E-state index is -1.25. The SMILES string of the molecule is CCO[C@]1(C)OCC(=O)[C@]2(CC[C@H]3[C@@H]4CCC5=CC(=O)C=C[C@]5(C)[C@H]4[C@H](O)C[C@@]32C)O1. The molecule has 0 aromatic heterocycles. The molecule has 31 heavy (non-hydrogen) atoms. The lowest BCUT2D eigenvalue weighted by molar-refractivity contribution is -0.420. The fourth-order valence-electron chi connectivity index (χ4n) is 7.99. The zero-order valence-corrected chi connectivity index (χ0v) is 19.0. The predicted octanol–water partition coefficient (Wildman–Crippen LogP) is 3.33. The minimum absolute atomic E-state index is 0.0293. The molecule has 4 aliphatic carbocycles. The van der Waals surface area contributed by atoms with Crippen molar-refractivity contribution >= 4 is 11.6 Å². The Labute approximate surface area is 184 Å². The molecule has 3 saturated carbocycles. The number of ketones is 2. The van der Waals surface area contributed by atoms with Crippen LogP contribution in [0.2, 0.25) is 0 Å². The van der Waals surface area contributed by atoms with Gasteiger partial charge in [0, 0.05) is 30.3 Å². The number of allylic oxidation sites excluding steroid dienone is 4. The minimum Gasteiger partial charge on any atom is -0.393 e. The molecular weight excluding hydrogens is 396 g/mol. The summed E-state index contributed by atoms with van der Waals surface area (Å²) in [5, 5.41) is 11.5.